The van der Waals surface area contributed by atoms with Gasteiger partial charge in [-0.05, 0) is 39.3 Å². The van der Waals surface area contributed by atoms with Gasteiger partial charge >= 0.3 is 11.9 Å². The predicted octanol–water partition coefficient (Wildman–Crippen LogP) is 4.01. The summed E-state index contributed by atoms with van der Waals surface area (Å²) in [6.07, 6.45) is 2.08. The SMILES string of the molecule is CCCCOc1c(C)c(CC(C(=O)OCC)C(=O)OCC)nc2ccccc12. The van der Waals surface area contributed by atoms with Gasteiger partial charge in [0.2, 0.25) is 0 Å². The standard InChI is InChI=1S/C22H29NO5/c1-5-8-13-28-20-15(4)19(23-18-12-10-9-11-16(18)20)14-17(21(24)26-6-2)22(25)27-7-3/h9-12,17H,5-8,13-14H2,1-4H3. The van der Waals surface area contributed by atoms with E-state index in [0.717, 1.165) is 35.1 Å². The molecular formula is C22H29NO5. The number of ether oxygens (including phenoxy) is 3. The van der Waals surface area contributed by atoms with E-state index in [1.54, 1.807) is 13.8 Å². The zero-order valence-electron chi connectivity index (χ0n) is 17.1. The van der Waals surface area contributed by atoms with Crippen LogP contribution in [0, 0.1) is 12.8 Å². The highest BCUT2D eigenvalue weighted by atomic mass is 16.6. The minimum Gasteiger partial charge on any atom is -0.493 e. The van der Waals surface area contributed by atoms with E-state index in [0.29, 0.717) is 12.3 Å². The molecule has 2 rings (SSSR count). The number of fused-ring (bicyclic) bond motifs is 1. The van der Waals surface area contributed by atoms with Crippen LogP contribution in [0.25, 0.3) is 10.9 Å². The summed E-state index contributed by atoms with van der Waals surface area (Å²) in [6, 6.07) is 7.71. The molecule has 6 heteroatoms. The highest BCUT2D eigenvalue weighted by Gasteiger charge is 2.31. The average molecular weight is 387 g/mol. The number of pyridine rings is 1. The fourth-order valence-electron chi connectivity index (χ4n) is 2.97. The number of benzene rings is 1. The molecule has 1 aromatic heterocycles. The van der Waals surface area contributed by atoms with Crippen LogP contribution in [-0.4, -0.2) is 36.7 Å². The highest BCUT2D eigenvalue weighted by Crippen LogP contribution is 2.32. The molecule has 0 N–H and O–H groups in total. The number of carbonyl (C=O) groups is 2. The molecule has 0 aliphatic heterocycles. The van der Waals surface area contributed by atoms with Crippen LogP contribution in [0.15, 0.2) is 24.3 Å². The smallest absolute Gasteiger partial charge is 0.320 e. The Morgan fingerprint density at radius 2 is 1.68 bits per heavy atom. The molecule has 0 saturated heterocycles. The van der Waals surface area contributed by atoms with Crippen molar-refractivity contribution in [1.29, 1.82) is 0 Å². The van der Waals surface area contributed by atoms with E-state index < -0.39 is 17.9 Å². The van der Waals surface area contributed by atoms with Crippen LogP contribution in [0.5, 0.6) is 5.75 Å². The summed E-state index contributed by atoms with van der Waals surface area (Å²) in [5, 5.41) is 0.920. The number of carbonyl (C=O) groups excluding carboxylic acids is 2. The highest BCUT2D eigenvalue weighted by molar-refractivity contribution is 5.95. The molecule has 0 amide bonds. The molecule has 0 bridgehead atoms. The van der Waals surface area contributed by atoms with E-state index in [-0.39, 0.29) is 19.6 Å². The Labute approximate surface area is 166 Å². The molecular weight excluding hydrogens is 358 g/mol. The van der Waals surface area contributed by atoms with Gasteiger partial charge in [-0.1, -0.05) is 25.5 Å². The van der Waals surface area contributed by atoms with Crippen molar-refractivity contribution < 1.29 is 23.8 Å². The lowest BCUT2D eigenvalue weighted by Crippen LogP contribution is -2.30. The number of esters is 2. The van der Waals surface area contributed by atoms with Crippen LogP contribution in [0.2, 0.25) is 0 Å². The molecule has 0 unspecified atom stereocenters. The Balaban J connectivity index is 2.44. The maximum absolute atomic E-state index is 12.4. The summed E-state index contributed by atoms with van der Waals surface area (Å²) in [5.74, 6) is -1.48. The van der Waals surface area contributed by atoms with Crippen molar-refractivity contribution in [3.63, 3.8) is 0 Å². The molecule has 0 saturated carbocycles. The van der Waals surface area contributed by atoms with Gasteiger partial charge in [-0.3, -0.25) is 14.6 Å². The zero-order chi connectivity index (χ0) is 20.5. The molecule has 1 aromatic carbocycles. The molecule has 0 aliphatic rings. The zero-order valence-corrected chi connectivity index (χ0v) is 17.1. The van der Waals surface area contributed by atoms with Crippen molar-refractivity contribution in [2.24, 2.45) is 5.92 Å². The van der Waals surface area contributed by atoms with E-state index in [4.69, 9.17) is 19.2 Å². The van der Waals surface area contributed by atoms with E-state index in [1.807, 2.05) is 31.2 Å². The van der Waals surface area contributed by atoms with Crippen molar-refractivity contribution in [2.75, 3.05) is 19.8 Å². The summed E-state index contributed by atoms with van der Waals surface area (Å²) in [5.41, 5.74) is 2.23. The first-order valence-corrected chi connectivity index (χ1v) is 9.87. The maximum Gasteiger partial charge on any atom is 0.320 e. The van der Waals surface area contributed by atoms with E-state index in [2.05, 4.69) is 6.92 Å². The number of para-hydroxylation sites is 1. The molecule has 1 heterocycles. The van der Waals surface area contributed by atoms with Gasteiger partial charge in [0.05, 0.1) is 25.3 Å². The average Bonchev–Trinajstić information content (AvgIpc) is 2.68. The first-order valence-electron chi connectivity index (χ1n) is 9.87. The first kappa shape index (κ1) is 21.7. The van der Waals surface area contributed by atoms with Crippen molar-refractivity contribution >= 4 is 22.8 Å². The van der Waals surface area contributed by atoms with Gasteiger partial charge in [-0.15, -0.1) is 0 Å². The largest absolute Gasteiger partial charge is 0.493 e. The summed E-state index contributed by atoms with van der Waals surface area (Å²) in [4.78, 5) is 29.4. The lowest BCUT2D eigenvalue weighted by Gasteiger charge is -2.18. The van der Waals surface area contributed by atoms with Crippen molar-refractivity contribution in [3.8, 4) is 5.75 Å². The molecule has 0 atom stereocenters. The van der Waals surface area contributed by atoms with Crippen LogP contribution >= 0.6 is 0 Å². The number of hydrogen-bond donors (Lipinski definition) is 0. The number of unbranched alkanes of at least 4 members (excludes halogenated alkanes) is 1. The minimum absolute atomic E-state index is 0.110. The molecule has 28 heavy (non-hydrogen) atoms. The molecule has 152 valence electrons. The van der Waals surface area contributed by atoms with Gasteiger partial charge in [-0.25, -0.2) is 0 Å². The summed E-state index contributed by atoms with van der Waals surface area (Å²) in [7, 11) is 0. The van der Waals surface area contributed by atoms with Gasteiger partial charge in [-0.2, -0.15) is 0 Å². The lowest BCUT2D eigenvalue weighted by atomic mass is 9.98. The van der Waals surface area contributed by atoms with Crippen LogP contribution in [0.1, 0.15) is 44.9 Å². The number of rotatable bonds is 10. The van der Waals surface area contributed by atoms with E-state index in [9.17, 15) is 9.59 Å². The van der Waals surface area contributed by atoms with Gasteiger partial charge in [0.15, 0.2) is 5.92 Å². The summed E-state index contributed by atoms with van der Waals surface area (Å²) >= 11 is 0. The van der Waals surface area contributed by atoms with E-state index in [1.165, 1.54) is 0 Å². The monoisotopic (exact) mass is 387 g/mol. The Morgan fingerprint density at radius 3 is 2.29 bits per heavy atom. The number of aromatic nitrogens is 1. The molecule has 0 radical (unpaired) electrons. The minimum atomic E-state index is -1.05. The van der Waals surface area contributed by atoms with E-state index >= 15 is 0 Å². The molecule has 0 spiro atoms. The Bertz CT molecular complexity index is 800. The second kappa shape index (κ2) is 10.6. The fourth-order valence-corrected chi connectivity index (χ4v) is 2.97. The maximum atomic E-state index is 12.4. The summed E-state index contributed by atoms with van der Waals surface area (Å²) < 4.78 is 16.2. The number of hydrogen-bond acceptors (Lipinski definition) is 6. The Hall–Kier alpha value is -2.63. The van der Waals surface area contributed by atoms with Crippen LogP contribution in [0.4, 0.5) is 0 Å². The van der Waals surface area contributed by atoms with Crippen molar-refractivity contribution in [1.82, 2.24) is 4.98 Å². The third-order valence-corrected chi connectivity index (χ3v) is 4.46. The molecule has 2 aromatic rings. The van der Waals surface area contributed by atoms with Gasteiger partial charge in [0.25, 0.3) is 0 Å². The molecule has 6 nitrogen and oxygen atoms in total. The second-order valence-corrected chi connectivity index (χ2v) is 6.49. The molecule has 0 aliphatic carbocycles. The van der Waals surface area contributed by atoms with Crippen molar-refractivity contribution in [3.05, 3.63) is 35.5 Å². The fraction of sp³-hybridized carbons (Fsp3) is 0.500. The van der Waals surface area contributed by atoms with Crippen LogP contribution < -0.4 is 4.74 Å². The first-order chi connectivity index (χ1) is 13.5. The van der Waals surface area contributed by atoms with Crippen LogP contribution in [-0.2, 0) is 25.5 Å². The lowest BCUT2D eigenvalue weighted by molar-refractivity contribution is -0.161. The third kappa shape index (κ3) is 5.21. The van der Waals surface area contributed by atoms with Crippen LogP contribution in [0.3, 0.4) is 0 Å². The Kier molecular flexibility index (Phi) is 8.23. The topological polar surface area (TPSA) is 74.7 Å². The van der Waals surface area contributed by atoms with Gasteiger partial charge < -0.3 is 14.2 Å². The second-order valence-electron chi connectivity index (χ2n) is 6.49. The third-order valence-electron chi connectivity index (χ3n) is 4.46. The summed E-state index contributed by atoms with van der Waals surface area (Å²) in [6.45, 7) is 8.43. The molecule has 0 fully saturated rings. The quantitative estimate of drug-likeness (QED) is 0.348. The van der Waals surface area contributed by atoms with Gasteiger partial charge in [0.1, 0.15) is 5.75 Å². The normalized spacial score (nSPS) is 10.9. The van der Waals surface area contributed by atoms with Gasteiger partial charge in [0, 0.05) is 23.1 Å². The van der Waals surface area contributed by atoms with Crippen molar-refractivity contribution in [2.45, 2.75) is 47.0 Å². The predicted molar refractivity (Wildman–Crippen MR) is 107 cm³/mol. The Morgan fingerprint density at radius 1 is 1.04 bits per heavy atom. The number of nitrogens with zero attached hydrogens (tertiary/aromatic N) is 1.